The lowest BCUT2D eigenvalue weighted by molar-refractivity contribution is -0.750. The third-order valence-corrected chi connectivity index (χ3v) is 2.08. The van der Waals surface area contributed by atoms with Crippen LogP contribution >= 0.6 is 0 Å². The maximum absolute atomic E-state index is 11.2. The predicted octanol–water partition coefficient (Wildman–Crippen LogP) is -0.0186. The molecule has 0 fully saturated rings. The molecule has 3 N–H and O–H groups in total. The second-order valence-electron chi connectivity index (χ2n) is 3.30. The number of nitrogens with one attached hydrogen (secondary N) is 1. The predicted molar refractivity (Wildman–Crippen MR) is 56.7 cm³/mol. The molecule has 0 aromatic heterocycles. The van der Waals surface area contributed by atoms with Gasteiger partial charge in [0.2, 0.25) is 0 Å². The molecule has 0 saturated carbocycles. The first-order valence-electron chi connectivity index (χ1n) is 4.43. The van der Waals surface area contributed by atoms with Crippen molar-refractivity contribution in [2.45, 2.75) is 0 Å². The lowest BCUT2D eigenvalue weighted by atomic mass is 10.2. The zero-order valence-electron chi connectivity index (χ0n) is 8.93. The fourth-order valence-corrected chi connectivity index (χ4v) is 1.29. The highest BCUT2D eigenvalue weighted by Gasteiger charge is 2.12. The zero-order chi connectivity index (χ0) is 11.6. The normalized spacial score (nSPS) is 12.4. The number of hydrogen-bond acceptors (Lipinski definition) is 5. The van der Waals surface area contributed by atoms with Gasteiger partial charge in [0, 0.05) is 20.2 Å². The van der Waals surface area contributed by atoms with Gasteiger partial charge in [0.15, 0.2) is 5.69 Å². The largest absolute Gasteiger partial charge is 0.629 e. The minimum absolute atomic E-state index is 0.141. The molecule has 15 heavy (non-hydrogen) atoms. The Labute approximate surface area is 88.1 Å². The van der Waals surface area contributed by atoms with E-state index < -0.39 is 0 Å². The van der Waals surface area contributed by atoms with Crippen LogP contribution < -0.4 is 15.2 Å². The third kappa shape index (κ3) is 2.57. The van der Waals surface area contributed by atoms with Gasteiger partial charge in [0.25, 0.3) is 0 Å². The summed E-state index contributed by atoms with van der Waals surface area (Å²) in [6, 6.07) is 4.69. The van der Waals surface area contributed by atoms with Crippen LogP contribution in [0.4, 0.5) is 17.1 Å². The molecule has 0 aliphatic carbocycles. The SMILES string of the molecule is CN(O)c1ccc([NH+](C)[O-])c(N(C)O)c1. The molecule has 0 bridgehead atoms. The van der Waals surface area contributed by atoms with E-state index in [-0.39, 0.29) is 5.06 Å². The summed E-state index contributed by atoms with van der Waals surface area (Å²) in [5.74, 6) is 0. The average Bonchev–Trinajstić information content (AvgIpc) is 2.16. The topological polar surface area (TPSA) is 74.4 Å². The van der Waals surface area contributed by atoms with E-state index in [0.717, 1.165) is 10.1 Å². The van der Waals surface area contributed by atoms with Crippen LogP contribution in [0.5, 0.6) is 0 Å². The van der Waals surface area contributed by atoms with E-state index in [0.29, 0.717) is 17.1 Å². The van der Waals surface area contributed by atoms with Crippen molar-refractivity contribution in [3.05, 3.63) is 23.4 Å². The highest BCUT2D eigenvalue weighted by molar-refractivity contribution is 5.68. The van der Waals surface area contributed by atoms with Crippen LogP contribution in [0.25, 0.3) is 0 Å². The summed E-state index contributed by atoms with van der Waals surface area (Å²) in [5, 5.41) is 31.4. The van der Waals surface area contributed by atoms with E-state index in [1.807, 2.05) is 0 Å². The summed E-state index contributed by atoms with van der Waals surface area (Å²) < 4.78 is 0. The number of anilines is 2. The first kappa shape index (κ1) is 11.7. The van der Waals surface area contributed by atoms with Crippen LogP contribution in [0, 0.1) is 5.21 Å². The highest BCUT2D eigenvalue weighted by Crippen LogP contribution is 2.25. The summed E-state index contributed by atoms with van der Waals surface area (Å²) in [7, 11) is 4.30. The zero-order valence-corrected chi connectivity index (χ0v) is 8.93. The molecule has 0 aliphatic rings. The van der Waals surface area contributed by atoms with Crippen LogP contribution in [0.1, 0.15) is 0 Å². The van der Waals surface area contributed by atoms with Crippen LogP contribution in [0.3, 0.4) is 0 Å². The Morgan fingerprint density at radius 2 is 1.80 bits per heavy atom. The molecule has 6 heteroatoms. The lowest BCUT2D eigenvalue weighted by Crippen LogP contribution is -2.98. The Balaban J connectivity index is 3.21. The smallest absolute Gasteiger partial charge is 0.157 e. The van der Waals surface area contributed by atoms with Crippen molar-refractivity contribution in [3.63, 3.8) is 0 Å². The molecule has 84 valence electrons. The van der Waals surface area contributed by atoms with E-state index >= 15 is 0 Å². The second kappa shape index (κ2) is 4.45. The first-order chi connectivity index (χ1) is 6.93. The minimum atomic E-state index is -0.141. The van der Waals surface area contributed by atoms with E-state index in [2.05, 4.69) is 0 Å². The number of nitrogens with zero attached hydrogens (tertiary/aromatic N) is 2. The Bertz CT molecular complexity index is 339. The average molecular weight is 213 g/mol. The molecule has 0 amide bonds. The summed E-state index contributed by atoms with van der Waals surface area (Å²) in [6.45, 7) is 0. The molecule has 1 aromatic carbocycles. The first-order valence-corrected chi connectivity index (χ1v) is 4.43. The van der Waals surface area contributed by atoms with Crippen LogP contribution in [0.2, 0.25) is 0 Å². The summed E-state index contributed by atoms with van der Waals surface area (Å²) in [5.41, 5.74) is 1.27. The number of hydroxylamine groups is 3. The van der Waals surface area contributed by atoms with Gasteiger partial charge in [-0.2, -0.15) is 0 Å². The standard InChI is InChI=1S/C9H15N3O3/c1-10(13)7-4-5-8(11(2)14)9(6-7)12(3)15/h4-6,11,13,15H,1-3H3. The number of benzene rings is 1. The Hall–Kier alpha value is -1.34. The van der Waals surface area contributed by atoms with E-state index in [1.165, 1.54) is 27.2 Å². The van der Waals surface area contributed by atoms with Crippen molar-refractivity contribution in [2.24, 2.45) is 0 Å². The molecule has 0 radical (unpaired) electrons. The summed E-state index contributed by atoms with van der Waals surface area (Å²) in [6.07, 6.45) is 0. The number of quaternary nitrogens is 1. The van der Waals surface area contributed by atoms with Crippen molar-refractivity contribution in [2.75, 3.05) is 31.3 Å². The summed E-state index contributed by atoms with van der Waals surface area (Å²) in [4.78, 5) is 0. The molecule has 6 nitrogen and oxygen atoms in total. The number of rotatable bonds is 3. The molecule has 0 spiro atoms. The fraction of sp³-hybridized carbons (Fsp3) is 0.333. The van der Waals surface area contributed by atoms with Crippen molar-refractivity contribution in [3.8, 4) is 0 Å². The van der Waals surface area contributed by atoms with Crippen LogP contribution in [-0.4, -0.2) is 31.6 Å². The molecular formula is C9H15N3O3. The van der Waals surface area contributed by atoms with Gasteiger partial charge in [-0.15, -0.1) is 0 Å². The van der Waals surface area contributed by atoms with Gasteiger partial charge < -0.3 is 10.3 Å². The van der Waals surface area contributed by atoms with Gasteiger partial charge in [-0.25, -0.2) is 0 Å². The summed E-state index contributed by atoms with van der Waals surface area (Å²) >= 11 is 0. The molecule has 1 aromatic rings. The molecule has 0 heterocycles. The van der Waals surface area contributed by atoms with E-state index in [9.17, 15) is 15.6 Å². The molecule has 0 aliphatic heterocycles. The monoisotopic (exact) mass is 213 g/mol. The van der Waals surface area contributed by atoms with Gasteiger partial charge in [-0.1, -0.05) is 0 Å². The third-order valence-electron chi connectivity index (χ3n) is 2.08. The molecule has 0 saturated heterocycles. The quantitative estimate of drug-likeness (QED) is 0.615. The highest BCUT2D eigenvalue weighted by atomic mass is 16.5. The van der Waals surface area contributed by atoms with Crippen molar-refractivity contribution in [1.29, 1.82) is 0 Å². The molecule has 1 unspecified atom stereocenters. The Morgan fingerprint density at radius 3 is 2.20 bits per heavy atom. The van der Waals surface area contributed by atoms with Gasteiger partial charge >= 0.3 is 0 Å². The van der Waals surface area contributed by atoms with Gasteiger partial charge in [-0.3, -0.25) is 20.5 Å². The van der Waals surface area contributed by atoms with Crippen LogP contribution in [0.15, 0.2) is 18.2 Å². The fourth-order valence-electron chi connectivity index (χ4n) is 1.29. The van der Waals surface area contributed by atoms with Crippen molar-refractivity contribution < 1.29 is 15.5 Å². The maximum Gasteiger partial charge on any atom is 0.157 e. The minimum Gasteiger partial charge on any atom is -0.629 e. The Kier molecular flexibility index (Phi) is 3.48. The second-order valence-corrected chi connectivity index (χ2v) is 3.30. The van der Waals surface area contributed by atoms with Crippen LogP contribution in [-0.2, 0) is 0 Å². The lowest BCUT2D eigenvalue weighted by Gasteiger charge is -2.23. The Morgan fingerprint density at radius 1 is 1.20 bits per heavy atom. The molecule has 1 atom stereocenters. The number of hydrogen-bond donors (Lipinski definition) is 3. The maximum atomic E-state index is 11.2. The molecule has 1 rings (SSSR count). The van der Waals surface area contributed by atoms with Crippen molar-refractivity contribution >= 4 is 17.1 Å². The van der Waals surface area contributed by atoms with Crippen molar-refractivity contribution in [1.82, 2.24) is 0 Å². The molecular weight excluding hydrogens is 198 g/mol. The van der Waals surface area contributed by atoms with Gasteiger partial charge in [0.05, 0.1) is 12.7 Å². The van der Waals surface area contributed by atoms with E-state index in [1.54, 1.807) is 12.1 Å². The van der Waals surface area contributed by atoms with Gasteiger partial charge in [0.1, 0.15) is 5.69 Å². The van der Waals surface area contributed by atoms with E-state index in [4.69, 9.17) is 0 Å². The van der Waals surface area contributed by atoms with Gasteiger partial charge in [-0.05, 0) is 12.1 Å².